The normalized spacial score (nSPS) is 13.9. The summed E-state index contributed by atoms with van der Waals surface area (Å²) in [6, 6.07) is 0.629. The van der Waals surface area contributed by atoms with Crippen molar-refractivity contribution >= 4 is 23.5 Å². The molecule has 206 valence electrons. The smallest absolute Gasteiger partial charge is 0.305 e. The fraction of sp³-hybridized carbons (Fsp3) is 0.929. The van der Waals surface area contributed by atoms with Crippen molar-refractivity contribution in [1.29, 1.82) is 0 Å². The zero-order valence-corrected chi connectivity index (χ0v) is 23.3. The Bertz CT molecular complexity index is 499. The lowest BCUT2D eigenvalue weighted by Gasteiger charge is -2.37. The molecule has 0 spiro atoms. The van der Waals surface area contributed by atoms with E-state index in [0.29, 0.717) is 38.0 Å². The second-order valence-electron chi connectivity index (χ2n) is 9.95. The fourth-order valence-electron chi connectivity index (χ4n) is 4.23. The van der Waals surface area contributed by atoms with Crippen LogP contribution in [0.3, 0.4) is 0 Å². The summed E-state index contributed by atoms with van der Waals surface area (Å²) in [6.07, 6.45) is 15.6. The van der Waals surface area contributed by atoms with Gasteiger partial charge in [0.05, 0.1) is 32.3 Å². The number of carbonyl (C=O) groups is 2. The molecule has 1 aliphatic carbocycles. The minimum atomic E-state index is -0.174. The van der Waals surface area contributed by atoms with Gasteiger partial charge >= 0.3 is 11.9 Å². The van der Waals surface area contributed by atoms with Crippen LogP contribution in [0.15, 0.2) is 0 Å². The molecule has 1 saturated carbocycles. The summed E-state index contributed by atoms with van der Waals surface area (Å²) in [4.78, 5) is 26.7. The first-order valence-corrected chi connectivity index (χ1v) is 14.8. The summed E-state index contributed by atoms with van der Waals surface area (Å²) < 4.78 is 17.0. The molecule has 0 aromatic rings. The SMILES string of the molecule is CCCCCCCC(=O)OCC(COCCN(CCCl)C1CCC1)COC(=O)CCCCCCC. The number of unbranched alkanes of at least 4 members (excludes halogenated alkanes) is 8. The van der Waals surface area contributed by atoms with Crippen LogP contribution in [0.1, 0.15) is 110 Å². The Kier molecular flexibility index (Phi) is 20.6. The van der Waals surface area contributed by atoms with Gasteiger partial charge in [0.1, 0.15) is 0 Å². The second kappa shape index (κ2) is 22.4. The number of hydrogen-bond acceptors (Lipinski definition) is 6. The Hall–Kier alpha value is -0.850. The number of esters is 2. The maximum atomic E-state index is 12.2. The quantitative estimate of drug-likeness (QED) is 0.0824. The highest BCUT2D eigenvalue weighted by molar-refractivity contribution is 6.18. The highest BCUT2D eigenvalue weighted by Crippen LogP contribution is 2.24. The molecule has 0 saturated heterocycles. The van der Waals surface area contributed by atoms with Gasteiger partial charge in [0.15, 0.2) is 0 Å². The van der Waals surface area contributed by atoms with E-state index in [9.17, 15) is 9.59 Å². The van der Waals surface area contributed by atoms with Crippen LogP contribution in [0.25, 0.3) is 0 Å². The van der Waals surface area contributed by atoms with E-state index >= 15 is 0 Å². The molecule has 7 heteroatoms. The number of carbonyl (C=O) groups excluding carboxylic acids is 2. The third kappa shape index (κ3) is 17.3. The molecular weight excluding hydrogens is 466 g/mol. The van der Waals surface area contributed by atoms with Gasteiger partial charge in [-0.25, -0.2) is 0 Å². The molecule has 1 aliphatic rings. The molecule has 0 aromatic carbocycles. The van der Waals surface area contributed by atoms with Crippen molar-refractivity contribution in [3.63, 3.8) is 0 Å². The monoisotopic (exact) mass is 517 g/mol. The zero-order chi connectivity index (χ0) is 25.6. The number of rotatable bonds is 24. The van der Waals surface area contributed by atoms with Gasteiger partial charge < -0.3 is 14.2 Å². The van der Waals surface area contributed by atoms with Gasteiger partial charge in [0.25, 0.3) is 0 Å². The Morgan fingerprint density at radius 1 is 0.800 bits per heavy atom. The Balaban J connectivity index is 2.36. The van der Waals surface area contributed by atoms with Crippen molar-refractivity contribution in [2.24, 2.45) is 5.92 Å². The van der Waals surface area contributed by atoms with E-state index in [1.54, 1.807) is 0 Å². The topological polar surface area (TPSA) is 65.1 Å². The molecule has 1 rings (SSSR count). The molecular formula is C28H52ClNO5. The molecule has 6 nitrogen and oxygen atoms in total. The van der Waals surface area contributed by atoms with Crippen LogP contribution in [-0.2, 0) is 23.8 Å². The van der Waals surface area contributed by atoms with Crippen LogP contribution in [0.5, 0.6) is 0 Å². The minimum Gasteiger partial charge on any atom is -0.465 e. The first-order chi connectivity index (χ1) is 17.1. The van der Waals surface area contributed by atoms with E-state index in [2.05, 4.69) is 18.7 Å². The molecule has 0 bridgehead atoms. The summed E-state index contributed by atoms with van der Waals surface area (Å²) in [5.41, 5.74) is 0. The van der Waals surface area contributed by atoms with E-state index in [-0.39, 0.29) is 31.1 Å². The number of hydrogen-bond donors (Lipinski definition) is 0. The standard InChI is InChI=1S/C28H52ClNO5/c1-3-5-7-9-11-16-27(31)34-23-25(24-35-28(32)17-12-10-8-6-4-2)22-33-21-20-30(19-18-29)26-14-13-15-26/h25-26H,3-24H2,1-2H3. The lowest BCUT2D eigenvalue weighted by Crippen LogP contribution is -2.43. The van der Waals surface area contributed by atoms with Crippen LogP contribution >= 0.6 is 11.6 Å². The van der Waals surface area contributed by atoms with Crippen LogP contribution < -0.4 is 0 Å². The Morgan fingerprint density at radius 2 is 1.34 bits per heavy atom. The largest absolute Gasteiger partial charge is 0.465 e. The van der Waals surface area contributed by atoms with Crippen LogP contribution in [0.4, 0.5) is 0 Å². The number of alkyl halides is 1. The van der Waals surface area contributed by atoms with E-state index < -0.39 is 0 Å². The molecule has 0 aromatic heterocycles. The average Bonchev–Trinajstić information content (AvgIpc) is 2.81. The zero-order valence-electron chi connectivity index (χ0n) is 22.6. The number of halogens is 1. The van der Waals surface area contributed by atoms with Crippen molar-refractivity contribution in [2.45, 2.75) is 116 Å². The number of ether oxygens (including phenoxy) is 3. The van der Waals surface area contributed by atoms with Crippen molar-refractivity contribution in [1.82, 2.24) is 4.90 Å². The molecule has 0 aliphatic heterocycles. The van der Waals surface area contributed by atoms with E-state index in [4.69, 9.17) is 25.8 Å². The summed E-state index contributed by atoms with van der Waals surface area (Å²) in [7, 11) is 0. The summed E-state index contributed by atoms with van der Waals surface area (Å²) in [6.45, 7) is 7.55. The van der Waals surface area contributed by atoms with Crippen molar-refractivity contribution in [3.05, 3.63) is 0 Å². The molecule has 0 amide bonds. The molecule has 35 heavy (non-hydrogen) atoms. The molecule has 1 fully saturated rings. The summed E-state index contributed by atoms with van der Waals surface area (Å²) in [5.74, 6) is 0.134. The number of nitrogens with zero attached hydrogens (tertiary/aromatic N) is 1. The lowest BCUT2D eigenvalue weighted by molar-refractivity contribution is -0.150. The van der Waals surface area contributed by atoms with Gasteiger partial charge in [0, 0.05) is 37.9 Å². The van der Waals surface area contributed by atoms with Crippen LogP contribution in [-0.4, -0.2) is 68.3 Å². The maximum Gasteiger partial charge on any atom is 0.305 e. The van der Waals surface area contributed by atoms with Gasteiger partial charge in [-0.2, -0.15) is 0 Å². The van der Waals surface area contributed by atoms with Crippen molar-refractivity contribution < 1.29 is 23.8 Å². The summed E-state index contributed by atoms with van der Waals surface area (Å²) in [5, 5.41) is 0. The van der Waals surface area contributed by atoms with Crippen molar-refractivity contribution in [3.8, 4) is 0 Å². The fourth-order valence-corrected chi connectivity index (χ4v) is 4.44. The van der Waals surface area contributed by atoms with E-state index in [1.165, 1.54) is 44.9 Å². The van der Waals surface area contributed by atoms with Crippen LogP contribution in [0, 0.1) is 5.92 Å². The molecule has 0 N–H and O–H groups in total. The molecule has 0 atom stereocenters. The van der Waals surface area contributed by atoms with Gasteiger partial charge in [-0.3, -0.25) is 14.5 Å². The molecule has 0 radical (unpaired) electrons. The highest BCUT2D eigenvalue weighted by Gasteiger charge is 2.24. The van der Waals surface area contributed by atoms with E-state index in [1.807, 2.05) is 0 Å². The third-order valence-corrected chi connectivity index (χ3v) is 6.94. The predicted molar refractivity (Wildman–Crippen MR) is 143 cm³/mol. The Morgan fingerprint density at radius 3 is 1.80 bits per heavy atom. The third-order valence-electron chi connectivity index (χ3n) is 6.77. The molecule has 0 heterocycles. The van der Waals surface area contributed by atoms with Crippen molar-refractivity contribution in [2.75, 3.05) is 45.4 Å². The lowest BCUT2D eigenvalue weighted by atomic mass is 9.91. The first kappa shape index (κ1) is 32.2. The predicted octanol–water partition coefficient (Wildman–Crippen LogP) is 6.52. The second-order valence-corrected chi connectivity index (χ2v) is 10.3. The summed E-state index contributed by atoms with van der Waals surface area (Å²) >= 11 is 5.97. The van der Waals surface area contributed by atoms with Gasteiger partial charge in [-0.1, -0.05) is 71.6 Å². The minimum absolute atomic E-state index is 0.145. The van der Waals surface area contributed by atoms with E-state index in [0.717, 1.165) is 51.6 Å². The van der Waals surface area contributed by atoms with Gasteiger partial charge in [-0.05, 0) is 25.7 Å². The average molecular weight is 518 g/mol. The first-order valence-electron chi connectivity index (χ1n) is 14.3. The maximum absolute atomic E-state index is 12.2. The van der Waals surface area contributed by atoms with Gasteiger partial charge in [-0.15, -0.1) is 11.6 Å². The Labute approximate surface area is 219 Å². The van der Waals surface area contributed by atoms with Crippen LogP contribution in [0.2, 0.25) is 0 Å². The molecule has 0 unspecified atom stereocenters. The van der Waals surface area contributed by atoms with Gasteiger partial charge in [0.2, 0.25) is 0 Å². The highest BCUT2D eigenvalue weighted by atomic mass is 35.5.